The van der Waals surface area contributed by atoms with Crippen LogP contribution in [0.15, 0.2) is 37.2 Å². The molecule has 0 bridgehead atoms. The molecule has 0 aliphatic carbocycles. The fourth-order valence-electron chi connectivity index (χ4n) is 1.77. The average Bonchev–Trinajstić information content (AvgIpc) is 2.67. The van der Waals surface area contributed by atoms with Crippen molar-refractivity contribution in [2.45, 2.75) is 6.42 Å². The van der Waals surface area contributed by atoms with Gasteiger partial charge in [0.1, 0.15) is 0 Å². The van der Waals surface area contributed by atoms with Crippen LogP contribution in [0, 0.1) is 5.92 Å². The molecule has 1 aromatic heterocycles. The molecular weight excluding hydrogens is 160 g/mol. The van der Waals surface area contributed by atoms with Crippen molar-refractivity contribution in [1.29, 1.82) is 0 Å². The summed E-state index contributed by atoms with van der Waals surface area (Å²) in [6.07, 6.45) is 6.97. The largest absolute Gasteiger partial charge is 0.371 e. The zero-order chi connectivity index (χ0) is 9.10. The molecule has 68 valence electrons. The Morgan fingerprint density at radius 3 is 2.85 bits per heavy atom. The summed E-state index contributed by atoms with van der Waals surface area (Å²) in [4.78, 5) is 6.39. The Labute approximate surface area is 78.9 Å². The molecule has 0 amide bonds. The van der Waals surface area contributed by atoms with Gasteiger partial charge in [-0.3, -0.25) is 4.98 Å². The molecule has 1 atom stereocenters. The zero-order valence-corrected chi connectivity index (χ0v) is 7.69. The number of nitrogens with zero attached hydrogens (tertiary/aromatic N) is 2. The summed E-state index contributed by atoms with van der Waals surface area (Å²) in [7, 11) is 0. The van der Waals surface area contributed by atoms with Gasteiger partial charge < -0.3 is 4.90 Å². The van der Waals surface area contributed by atoms with Gasteiger partial charge in [-0.25, -0.2) is 0 Å². The first kappa shape index (κ1) is 8.30. The molecule has 2 nitrogen and oxygen atoms in total. The minimum Gasteiger partial charge on any atom is -0.371 e. The molecule has 0 saturated carbocycles. The zero-order valence-electron chi connectivity index (χ0n) is 7.69. The van der Waals surface area contributed by atoms with E-state index in [1.165, 1.54) is 12.1 Å². The fraction of sp³-hybridized carbons (Fsp3) is 0.364. The van der Waals surface area contributed by atoms with E-state index < -0.39 is 0 Å². The third-order valence-electron chi connectivity index (χ3n) is 2.59. The van der Waals surface area contributed by atoms with Gasteiger partial charge in [0, 0.05) is 31.2 Å². The van der Waals surface area contributed by atoms with Crippen molar-refractivity contribution in [1.82, 2.24) is 4.98 Å². The van der Waals surface area contributed by atoms with Gasteiger partial charge in [-0.05, 0) is 24.5 Å². The van der Waals surface area contributed by atoms with Crippen LogP contribution < -0.4 is 4.90 Å². The maximum atomic E-state index is 4.01. The summed E-state index contributed by atoms with van der Waals surface area (Å²) in [5.74, 6) is 0.660. The highest BCUT2D eigenvalue weighted by Gasteiger charge is 2.19. The Morgan fingerprint density at radius 2 is 2.23 bits per heavy atom. The molecular formula is C11H14N2. The van der Waals surface area contributed by atoms with Crippen LogP contribution in [0.25, 0.3) is 0 Å². The Balaban J connectivity index is 2.08. The first-order valence-electron chi connectivity index (χ1n) is 4.67. The highest BCUT2D eigenvalue weighted by Crippen LogP contribution is 2.23. The van der Waals surface area contributed by atoms with E-state index in [0.717, 1.165) is 13.1 Å². The third-order valence-corrected chi connectivity index (χ3v) is 2.59. The Morgan fingerprint density at radius 1 is 1.46 bits per heavy atom. The predicted octanol–water partition coefficient (Wildman–Crippen LogP) is 2.09. The SMILES string of the molecule is C=CC1CCN(c2ccncc2)C1. The van der Waals surface area contributed by atoms with Gasteiger partial charge in [0.15, 0.2) is 0 Å². The van der Waals surface area contributed by atoms with Crippen LogP contribution >= 0.6 is 0 Å². The summed E-state index contributed by atoms with van der Waals surface area (Å²) in [6.45, 7) is 6.08. The van der Waals surface area contributed by atoms with E-state index in [4.69, 9.17) is 0 Å². The van der Waals surface area contributed by atoms with Gasteiger partial charge in [-0.15, -0.1) is 6.58 Å². The van der Waals surface area contributed by atoms with Crippen LogP contribution in [0.2, 0.25) is 0 Å². The molecule has 2 rings (SSSR count). The van der Waals surface area contributed by atoms with Crippen LogP contribution in [-0.4, -0.2) is 18.1 Å². The van der Waals surface area contributed by atoms with Crippen molar-refractivity contribution >= 4 is 5.69 Å². The maximum Gasteiger partial charge on any atom is 0.0397 e. The van der Waals surface area contributed by atoms with E-state index in [1.807, 2.05) is 12.4 Å². The molecule has 1 aliphatic rings. The van der Waals surface area contributed by atoms with Crippen molar-refractivity contribution in [2.75, 3.05) is 18.0 Å². The van der Waals surface area contributed by atoms with E-state index in [9.17, 15) is 0 Å². The summed E-state index contributed by atoms with van der Waals surface area (Å²) < 4.78 is 0. The van der Waals surface area contributed by atoms with Crippen molar-refractivity contribution in [3.05, 3.63) is 37.2 Å². The predicted molar refractivity (Wildman–Crippen MR) is 54.8 cm³/mol. The van der Waals surface area contributed by atoms with Crippen LogP contribution in [0.5, 0.6) is 0 Å². The van der Waals surface area contributed by atoms with Crippen molar-refractivity contribution in [3.8, 4) is 0 Å². The summed E-state index contributed by atoms with van der Waals surface area (Å²) in [5, 5.41) is 0. The lowest BCUT2D eigenvalue weighted by Gasteiger charge is -2.17. The molecule has 1 saturated heterocycles. The topological polar surface area (TPSA) is 16.1 Å². The Hall–Kier alpha value is -1.31. The molecule has 1 aromatic rings. The number of rotatable bonds is 2. The smallest absolute Gasteiger partial charge is 0.0397 e. The van der Waals surface area contributed by atoms with Crippen molar-refractivity contribution < 1.29 is 0 Å². The number of pyridine rings is 1. The second-order valence-electron chi connectivity index (χ2n) is 3.44. The van der Waals surface area contributed by atoms with Crippen LogP contribution in [0.1, 0.15) is 6.42 Å². The van der Waals surface area contributed by atoms with E-state index in [1.54, 1.807) is 0 Å². The molecule has 0 N–H and O–H groups in total. The van der Waals surface area contributed by atoms with Crippen LogP contribution in [0.4, 0.5) is 5.69 Å². The summed E-state index contributed by atoms with van der Waals surface area (Å²) >= 11 is 0. The van der Waals surface area contributed by atoms with E-state index in [0.29, 0.717) is 5.92 Å². The first-order chi connectivity index (χ1) is 6.40. The number of hydrogen-bond acceptors (Lipinski definition) is 2. The molecule has 0 aromatic carbocycles. The Bertz CT molecular complexity index is 281. The normalized spacial score (nSPS) is 21.8. The molecule has 2 heteroatoms. The first-order valence-corrected chi connectivity index (χ1v) is 4.67. The lowest BCUT2D eigenvalue weighted by Crippen LogP contribution is -2.18. The van der Waals surface area contributed by atoms with Crippen LogP contribution in [-0.2, 0) is 0 Å². The maximum absolute atomic E-state index is 4.01. The second kappa shape index (κ2) is 3.60. The van der Waals surface area contributed by atoms with Gasteiger partial charge in [-0.2, -0.15) is 0 Å². The quantitative estimate of drug-likeness (QED) is 0.638. The number of hydrogen-bond donors (Lipinski definition) is 0. The third kappa shape index (κ3) is 1.72. The minimum absolute atomic E-state index is 0.660. The van der Waals surface area contributed by atoms with Gasteiger partial charge in [0.25, 0.3) is 0 Å². The molecule has 0 spiro atoms. The second-order valence-corrected chi connectivity index (χ2v) is 3.44. The van der Waals surface area contributed by atoms with E-state index >= 15 is 0 Å². The fourth-order valence-corrected chi connectivity index (χ4v) is 1.77. The average molecular weight is 174 g/mol. The van der Waals surface area contributed by atoms with Gasteiger partial charge in [-0.1, -0.05) is 6.08 Å². The number of anilines is 1. The molecule has 1 aliphatic heterocycles. The van der Waals surface area contributed by atoms with E-state index in [2.05, 4.69) is 34.7 Å². The lowest BCUT2D eigenvalue weighted by atomic mass is 10.1. The molecule has 1 unspecified atom stereocenters. The van der Waals surface area contributed by atoms with E-state index in [-0.39, 0.29) is 0 Å². The molecule has 0 radical (unpaired) electrons. The summed E-state index contributed by atoms with van der Waals surface area (Å²) in [5.41, 5.74) is 1.28. The standard InChI is InChI=1S/C11H14N2/c1-2-10-5-8-13(9-10)11-3-6-12-7-4-11/h2-4,6-7,10H,1,5,8-9H2. The lowest BCUT2D eigenvalue weighted by molar-refractivity contribution is 0.741. The highest BCUT2D eigenvalue weighted by atomic mass is 15.1. The summed E-state index contributed by atoms with van der Waals surface area (Å²) in [6, 6.07) is 4.12. The molecule has 1 fully saturated rings. The molecule has 13 heavy (non-hydrogen) atoms. The minimum atomic E-state index is 0.660. The van der Waals surface area contributed by atoms with Gasteiger partial charge >= 0.3 is 0 Å². The van der Waals surface area contributed by atoms with Crippen molar-refractivity contribution in [3.63, 3.8) is 0 Å². The monoisotopic (exact) mass is 174 g/mol. The van der Waals surface area contributed by atoms with Gasteiger partial charge in [0.2, 0.25) is 0 Å². The highest BCUT2D eigenvalue weighted by molar-refractivity contribution is 5.45. The van der Waals surface area contributed by atoms with Crippen molar-refractivity contribution in [2.24, 2.45) is 5.92 Å². The molecule has 2 heterocycles. The number of aromatic nitrogens is 1. The van der Waals surface area contributed by atoms with Gasteiger partial charge in [0.05, 0.1) is 0 Å². The Kier molecular flexibility index (Phi) is 2.30. The van der Waals surface area contributed by atoms with Crippen LogP contribution in [0.3, 0.4) is 0 Å².